The fourth-order valence-electron chi connectivity index (χ4n) is 1.99. The van der Waals surface area contributed by atoms with E-state index in [1.165, 1.54) is 17.0 Å². The Labute approximate surface area is 148 Å². The summed E-state index contributed by atoms with van der Waals surface area (Å²) in [5.74, 6) is 1.32. The SMILES string of the molecule is CSCCNC(=NCC(=O)N(C)C)NCCc1ccc(F)cc1C. The summed E-state index contributed by atoms with van der Waals surface area (Å²) in [5.41, 5.74) is 2.03. The largest absolute Gasteiger partial charge is 0.356 e. The maximum Gasteiger partial charge on any atom is 0.243 e. The first-order chi connectivity index (χ1) is 11.4. The number of hydrogen-bond donors (Lipinski definition) is 2. The van der Waals surface area contributed by atoms with Crippen LogP contribution < -0.4 is 10.6 Å². The van der Waals surface area contributed by atoms with E-state index in [0.29, 0.717) is 12.5 Å². The minimum absolute atomic E-state index is 0.0460. The molecule has 1 rings (SSSR count). The van der Waals surface area contributed by atoms with Gasteiger partial charge in [0.1, 0.15) is 12.4 Å². The third-order valence-corrected chi connectivity index (χ3v) is 4.07. The van der Waals surface area contributed by atoms with E-state index in [9.17, 15) is 9.18 Å². The number of nitrogens with one attached hydrogen (secondary N) is 2. The number of aryl methyl sites for hydroxylation is 1. The standard InChI is InChI=1S/C17H27FN4OS/c1-13-11-15(18)6-5-14(13)7-8-19-17(20-9-10-24-4)21-12-16(23)22(2)3/h5-6,11H,7-10,12H2,1-4H3,(H2,19,20,21). The summed E-state index contributed by atoms with van der Waals surface area (Å²) in [4.78, 5) is 17.5. The van der Waals surface area contributed by atoms with Crippen LogP contribution in [0.1, 0.15) is 11.1 Å². The molecule has 1 aromatic rings. The summed E-state index contributed by atoms with van der Waals surface area (Å²) in [6.07, 6.45) is 2.80. The quantitative estimate of drug-likeness (QED) is 0.424. The second-order valence-electron chi connectivity index (χ2n) is 5.62. The van der Waals surface area contributed by atoms with Gasteiger partial charge in [-0.1, -0.05) is 6.07 Å². The molecule has 0 heterocycles. The monoisotopic (exact) mass is 354 g/mol. The molecule has 1 aromatic carbocycles. The number of likely N-dealkylation sites (N-methyl/N-ethyl adjacent to an activating group) is 1. The number of nitrogens with zero attached hydrogens (tertiary/aromatic N) is 2. The Bertz CT molecular complexity index is 564. The molecule has 0 radical (unpaired) electrons. The van der Waals surface area contributed by atoms with Crippen LogP contribution in [0.15, 0.2) is 23.2 Å². The Morgan fingerprint density at radius 3 is 2.62 bits per heavy atom. The van der Waals surface area contributed by atoms with Gasteiger partial charge < -0.3 is 15.5 Å². The molecule has 24 heavy (non-hydrogen) atoms. The van der Waals surface area contributed by atoms with E-state index in [-0.39, 0.29) is 18.3 Å². The summed E-state index contributed by atoms with van der Waals surface area (Å²) in [5, 5.41) is 6.44. The predicted octanol–water partition coefficient (Wildman–Crippen LogP) is 1.66. The zero-order chi connectivity index (χ0) is 17.9. The van der Waals surface area contributed by atoms with Gasteiger partial charge in [0.2, 0.25) is 5.91 Å². The van der Waals surface area contributed by atoms with Crippen LogP contribution in [0.3, 0.4) is 0 Å². The minimum Gasteiger partial charge on any atom is -0.356 e. The van der Waals surface area contributed by atoms with Crippen LogP contribution in [-0.4, -0.2) is 62.5 Å². The second-order valence-corrected chi connectivity index (χ2v) is 6.61. The maximum absolute atomic E-state index is 13.1. The number of carbonyl (C=O) groups is 1. The maximum atomic E-state index is 13.1. The molecule has 0 saturated carbocycles. The zero-order valence-corrected chi connectivity index (χ0v) is 15.7. The number of hydrogen-bond acceptors (Lipinski definition) is 3. The van der Waals surface area contributed by atoms with Crippen molar-refractivity contribution in [2.75, 3.05) is 45.7 Å². The highest BCUT2D eigenvalue weighted by Gasteiger charge is 2.05. The molecule has 5 nitrogen and oxygen atoms in total. The normalized spacial score (nSPS) is 11.3. The topological polar surface area (TPSA) is 56.7 Å². The highest BCUT2D eigenvalue weighted by atomic mass is 32.2. The fraction of sp³-hybridized carbons (Fsp3) is 0.529. The minimum atomic E-state index is -0.215. The first-order valence-corrected chi connectivity index (χ1v) is 9.29. The Kier molecular flexibility index (Phi) is 9.22. The molecule has 0 atom stereocenters. The smallest absolute Gasteiger partial charge is 0.243 e. The molecular formula is C17H27FN4OS. The number of rotatable bonds is 8. The van der Waals surface area contributed by atoms with Gasteiger partial charge in [-0.25, -0.2) is 9.38 Å². The molecule has 0 bridgehead atoms. The van der Waals surface area contributed by atoms with Gasteiger partial charge in [-0.3, -0.25) is 4.79 Å². The van der Waals surface area contributed by atoms with Crippen molar-refractivity contribution >= 4 is 23.6 Å². The van der Waals surface area contributed by atoms with Crippen molar-refractivity contribution in [3.05, 3.63) is 35.1 Å². The summed E-state index contributed by atoms with van der Waals surface area (Å²) in [6.45, 7) is 3.45. The lowest BCUT2D eigenvalue weighted by molar-refractivity contribution is -0.127. The molecule has 0 unspecified atom stereocenters. The van der Waals surface area contributed by atoms with Gasteiger partial charge in [0, 0.05) is 32.9 Å². The van der Waals surface area contributed by atoms with E-state index in [2.05, 4.69) is 15.6 Å². The van der Waals surface area contributed by atoms with Crippen LogP contribution in [-0.2, 0) is 11.2 Å². The highest BCUT2D eigenvalue weighted by molar-refractivity contribution is 7.98. The zero-order valence-electron chi connectivity index (χ0n) is 14.9. The first kappa shape index (κ1) is 20.3. The van der Waals surface area contributed by atoms with E-state index in [1.54, 1.807) is 31.9 Å². The van der Waals surface area contributed by atoms with Crippen LogP contribution in [0.25, 0.3) is 0 Å². The Morgan fingerprint density at radius 1 is 1.29 bits per heavy atom. The third kappa shape index (κ3) is 7.68. The Balaban J connectivity index is 2.56. The summed E-state index contributed by atoms with van der Waals surface area (Å²) in [6, 6.07) is 4.82. The fourth-order valence-corrected chi connectivity index (χ4v) is 2.30. The molecule has 0 aliphatic rings. The van der Waals surface area contributed by atoms with Crippen LogP contribution >= 0.6 is 11.8 Å². The van der Waals surface area contributed by atoms with E-state index in [4.69, 9.17) is 0 Å². The van der Waals surface area contributed by atoms with Gasteiger partial charge in [0.15, 0.2) is 5.96 Å². The number of halogens is 1. The second kappa shape index (κ2) is 10.9. The average molecular weight is 354 g/mol. The summed E-state index contributed by atoms with van der Waals surface area (Å²) < 4.78 is 13.1. The van der Waals surface area contributed by atoms with Gasteiger partial charge in [0.25, 0.3) is 0 Å². The molecule has 1 amide bonds. The molecule has 0 fully saturated rings. The van der Waals surface area contributed by atoms with Crippen molar-refractivity contribution in [3.63, 3.8) is 0 Å². The van der Waals surface area contributed by atoms with Gasteiger partial charge in [-0.15, -0.1) is 0 Å². The summed E-state index contributed by atoms with van der Waals surface area (Å²) in [7, 11) is 3.42. The van der Waals surface area contributed by atoms with E-state index in [0.717, 1.165) is 29.8 Å². The van der Waals surface area contributed by atoms with Gasteiger partial charge in [0.05, 0.1) is 0 Å². The molecule has 7 heteroatoms. The Hall–Kier alpha value is -1.76. The van der Waals surface area contributed by atoms with Crippen LogP contribution in [0, 0.1) is 12.7 Å². The van der Waals surface area contributed by atoms with Gasteiger partial charge in [-0.05, 0) is 42.9 Å². The number of amides is 1. The number of benzene rings is 1. The van der Waals surface area contributed by atoms with Crippen molar-refractivity contribution < 1.29 is 9.18 Å². The molecule has 2 N–H and O–H groups in total. The first-order valence-electron chi connectivity index (χ1n) is 7.90. The van der Waals surface area contributed by atoms with E-state index < -0.39 is 0 Å². The van der Waals surface area contributed by atoms with Crippen molar-refractivity contribution in [1.29, 1.82) is 0 Å². The van der Waals surface area contributed by atoms with Gasteiger partial charge >= 0.3 is 0 Å². The van der Waals surface area contributed by atoms with Crippen LogP contribution in [0.4, 0.5) is 4.39 Å². The molecule has 0 saturated heterocycles. The van der Waals surface area contributed by atoms with Crippen molar-refractivity contribution in [1.82, 2.24) is 15.5 Å². The van der Waals surface area contributed by atoms with Crippen LogP contribution in [0.5, 0.6) is 0 Å². The lowest BCUT2D eigenvalue weighted by atomic mass is 10.1. The van der Waals surface area contributed by atoms with Crippen molar-refractivity contribution in [2.45, 2.75) is 13.3 Å². The summed E-state index contributed by atoms with van der Waals surface area (Å²) >= 11 is 1.74. The van der Waals surface area contributed by atoms with Gasteiger partial charge in [-0.2, -0.15) is 11.8 Å². The highest BCUT2D eigenvalue weighted by Crippen LogP contribution is 2.10. The van der Waals surface area contributed by atoms with Crippen LogP contribution in [0.2, 0.25) is 0 Å². The number of guanidine groups is 1. The molecule has 0 aliphatic carbocycles. The number of carbonyl (C=O) groups excluding carboxylic acids is 1. The molecule has 0 aromatic heterocycles. The lowest BCUT2D eigenvalue weighted by Crippen LogP contribution is -2.40. The number of aliphatic imine (C=N–C) groups is 1. The number of thioether (sulfide) groups is 1. The van der Waals surface area contributed by atoms with E-state index in [1.807, 2.05) is 13.2 Å². The predicted molar refractivity (Wildman–Crippen MR) is 100 cm³/mol. The van der Waals surface area contributed by atoms with Crippen molar-refractivity contribution in [3.8, 4) is 0 Å². The molecule has 134 valence electrons. The van der Waals surface area contributed by atoms with E-state index >= 15 is 0 Å². The molecular weight excluding hydrogens is 327 g/mol. The molecule has 0 aliphatic heterocycles. The molecule has 0 spiro atoms. The van der Waals surface area contributed by atoms with Crippen molar-refractivity contribution in [2.24, 2.45) is 4.99 Å². The Morgan fingerprint density at radius 2 is 2.00 bits per heavy atom. The average Bonchev–Trinajstić information content (AvgIpc) is 2.53. The third-order valence-electron chi connectivity index (χ3n) is 3.46. The lowest BCUT2D eigenvalue weighted by Gasteiger charge is -2.14.